The van der Waals surface area contributed by atoms with E-state index in [-0.39, 0.29) is 18.4 Å². The molecule has 2 aromatic heterocycles. The van der Waals surface area contributed by atoms with Gasteiger partial charge in [-0.25, -0.2) is 0 Å². The van der Waals surface area contributed by atoms with Crippen molar-refractivity contribution in [3.8, 4) is 0 Å². The quantitative estimate of drug-likeness (QED) is 0.802. The average Bonchev–Trinajstić information content (AvgIpc) is 2.97. The van der Waals surface area contributed by atoms with Gasteiger partial charge in [-0.1, -0.05) is 0 Å². The molecule has 0 fully saturated rings. The number of aryl methyl sites for hydroxylation is 3. The summed E-state index contributed by atoms with van der Waals surface area (Å²) in [5.41, 5.74) is 2.17. The van der Waals surface area contributed by atoms with E-state index in [1.807, 2.05) is 19.9 Å². The summed E-state index contributed by atoms with van der Waals surface area (Å²) in [7, 11) is 0. The lowest BCUT2D eigenvalue weighted by molar-refractivity contribution is -0.115. The van der Waals surface area contributed by atoms with E-state index in [9.17, 15) is 9.59 Å². The number of H-pyrrole nitrogens is 1. The summed E-state index contributed by atoms with van der Waals surface area (Å²) >= 11 is 1.40. The number of aromatic nitrogens is 2. The van der Waals surface area contributed by atoms with Gasteiger partial charge in [-0.3, -0.25) is 14.7 Å². The highest BCUT2D eigenvalue weighted by Crippen LogP contribution is 2.16. The third kappa shape index (κ3) is 3.24. The number of anilines is 1. The van der Waals surface area contributed by atoms with Gasteiger partial charge in [-0.2, -0.15) is 5.10 Å². The van der Waals surface area contributed by atoms with Gasteiger partial charge in [0.05, 0.1) is 28.5 Å². The molecule has 0 spiro atoms. The van der Waals surface area contributed by atoms with Crippen molar-refractivity contribution in [2.75, 3.05) is 11.9 Å². The molecule has 6 nitrogen and oxygen atoms in total. The highest BCUT2D eigenvalue weighted by atomic mass is 32.1. The van der Waals surface area contributed by atoms with Crippen molar-refractivity contribution in [1.29, 1.82) is 0 Å². The smallest absolute Gasteiger partial charge is 0.261 e. The number of aromatic amines is 1. The Labute approximate surface area is 120 Å². The normalized spacial score (nSPS) is 10.3. The first kappa shape index (κ1) is 14.3. The van der Waals surface area contributed by atoms with Crippen LogP contribution in [-0.4, -0.2) is 28.6 Å². The first-order valence-electron chi connectivity index (χ1n) is 6.13. The summed E-state index contributed by atoms with van der Waals surface area (Å²) in [6, 6.07) is 3.62. The minimum absolute atomic E-state index is 0.0696. The second kappa shape index (κ2) is 5.87. The van der Waals surface area contributed by atoms with Crippen LogP contribution in [0.5, 0.6) is 0 Å². The lowest BCUT2D eigenvalue weighted by Crippen LogP contribution is -2.32. The van der Waals surface area contributed by atoms with E-state index in [0.717, 1.165) is 16.3 Å². The van der Waals surface area contributed by atoms with Gasteiger partial charge in [0.25, 0.3) is 5.91 Å². The van der Waals surface area contributed by atoms with Crippen LogP contribution in [0.1, 0.15) is 25.9 Å². The number of hydrogen-bond acceptors (Lipinski definition) is 4. The molecule has 2 aromatic rings. The van der Waals surface area contributed by atoms with Gasteiger partial charge >= 0.3 is 0 Å². The number of amides is 2. The fourth-order valence-corrected chi connectivity index (χ4v) is 2.51. The van der Waals surface area contributed by atoms with E-state index in [4.69, 9.17) is 0 Å². The molecule has 0 saturated carbocycles. The topological polar surface area (TPSA) is 86.9 Å². The van der Waals surface area contributed by atoms with Crippen LogP contribution in [0.4, 0.5) is 5.69 Å². The Hall–Kier alpha value is -2.15. The maximum absolute atomic E-state index is 11.8. The van der Waals surface area contributed by atoms with Crippen molar-refractivity contribution >= 4 is 28.8 Å². The number of nitrogens with zero attached hydrogens (tertiary/aromatic N) is 1. The zero-order chi connectivity index (χ0) is 14.7. The van der Waals surface area contributed by atoms with E-state index in [0.29, 0.717) is 10.6 Å². The number of thiophene rings is 1. The Morgan fingerprint density at radius 1 is 1.30 bits per heavy atom. The predicted molar refractivity (Wildman–Crippen MR) is 78.1 cm³/mol. The number of hydrogen-bond donors (Lipinski definition) is 3. The van der Waals surface area contributed by atoms with Crippen LogP contribution >= 0.6 is 11.3 Å². The number of rotatable bonds is 4. The lowest BCUT2D eigenvalue weighted by atomic mass is 10.3. The van der Waals surface area contributed by atoms with Crippen molar-refractivity contribution in [2.24, 2.45) is 0 Å². The molecule has 2 heterocycles. The molecule has 0 aromatic carbocycles. The van der Waals surface area contributed by atoms with Crippen LogP contribution in [0.3, 0.4) is 0 Å². The Morgan fingerprint density at radius 2 is 2.05 bits per heavy atom. The van der Waals surface area contributed by atoms with E-state index >= 15 is 0 Å². The summed E-state index contributed by atoms with van der Waals surface area (Å²) in [4.78, 5) is 25.3. The second-order valence-corrected chi connectivity index (χ2v) is 5.74. The van der Waals surface area contributed by atoms with Crippen LogP contribution in [0.2, 0.25) is 0 Å². The molecular weight excluding hydrogens is 276 g/mol. The van der Waals surface area contributed by atoms with Gasteiger partial charge in [0.1, 0.15) is 0 Å². The predicted octanol–water partition coefficient (Wildman–Crippen LogP) is 1.76. The van der Waals surface area contributed by atoms with E-state index in [1.165, 1.54) is 11.3 Å². The molecule has 0 unspecified atom stereocenters. The maximum atomic E-state index is 11.8. The third-order valence-electron chi connectivity index (χ3n) is 2.77. The minimum Gasteiger partial charge on any atom is -0.342 e. The lowest BCUT2D eigenvalue weighted by Gasteiger charge is -2.06. The van der Waals surface area contributed by atoms with Crippen LogP contribution < -0.4 is 10.6 Å². The summed E-state index contributed by atoms with van der Waals surface area (Å²) in [5, 5.41) is 12.1. The fraction of sp³-hybridized carbons (Fsp3) is 0.308. The van der Waals surface area contributed by atoms with Crippen molar-refractivity contribution in [2.45, 2.75) is 20.8 Å². The monoisotopic (exact) mass is 292 g/mol. The van der Waals surface area contributed by atoms with Gasteiger partial charge in [0, 0.05) is 4.88 Å². The van der Waals surface area contributed by atoms with Gasteiger partial charge in [-0.15, -0.1) is 11.3 Å². The van der Waals surface area contributed by atoms with Crippen molar-refractivity contribution in [3.63, 3.8) is 0 Å². The van der Waals surface area contributed by atoms with Gasteiger partial charge in [-0.05, 0) is 32.9 Å². The summed E-state index contributed by atoms with van der Waals surface area (Å²) < 4.78 is 0. The molecule has 3 N–H and O–H groups in total. The van der Waals surface area contributed by atoms with Crippen LogP contribution in [0.25, 0.3) is 0 Å². The third-order valence-corrected chi connectivity index (χ3v) is 3.77. The van der Waals surface area contributed by atoms with Gasteiger partial charge in [0.2, 0.25) is 5.91 Å². The summed E-state index contributed by atoms with van der Waals surface area (Å²) in [6.07, 6.45) is 0. The first-order valence-corrected chi connectivity index (χ1v) is 6.95. The number of nitrogens with one attached hydrogen (secondary N) is 3. The molecule has 0 bridgehead atoms. The molecule has 0 aliphatic heterocycles. The zero-order valence-corrected chi connectivity index (χ0v) is 12.4. The number of carbonyl (C=O) groups is 2. The van der Waals surface area contributed by atoms with Crippen molar-refractivity contribution < 1.29 is 9.59 Å². The molecule has 20 heavy (non-hydrogen) atoms. The highest BCUT2D eigenvalue weighted by molar-refractivity contribution is 7.13. The fourth-order valence-electron chi connectivity index (χ4n) is 1.72. The molecule has 0 radical (unpaired) electrons. The molecule has 0 atom stereocenters. The standard InChI is InChI=1S/C13H16N4O2S/c1-7-4-5-10(20-7)13(19)14-6-11(18)15-12-8(2)16-17-9(12)3/h4-5H,6H2,1-3H3,(H,14,19)(H,15,18)(H,16,17). The SMILES string of the molecule is Cc1ccc(C(=O)NCC(=O)Nc2c(C)n[nH]c2C)s1. The molecule has 2 amide bonds. The molecule has 2 rings (SSSR count). The molecule has 0 aliphatic rings. The van der Waals surface area contributed by atoms with E-state index in [1.54, 1.807) is 13.0 Å². The minimum atomic E-state index is -0.278. The zero-order valence-electron chi connectivity index (χ0n) is 11.5. The van der Waals surface area contributed by atoms with Gasteiger partial charge < -0.3 is 10.6 Å². The summed E-state index contributed by atoms with van der Waals surface area (Å²) in [6.45, 7) is 5.48. The van der Waals surface area contributed by atoms with E-state index < -0.39 is 0 Å². The second-order valence-electron chi connectivity index (χ2n) is 4.45. The number of carbonyl (C=O) groups excluding carboxylic acids is 2. The Morgan fingerprint density at radius 3 is 2.60 bits per heavy atom. The molecule has 7 heteroatoms. The molecule has 0 saturated heterocycles. The molecule has 0 aliphatic carbocycles. The van der Waals surface area contributed by atoms with Crippen LogP contribution in [0, 0.1) is 20.8 Å². The highest BCUT2D eigenvalue weighted by Gasteiger charge is 2.12. The largest absolute Gasteiger partial charge is 0.342 e. The average molecular weight is 292 g/mol. The Bertz CT molecular complexity index is 625. The summed E-state index contributed by atoms with van der Waals surface area (Å²) in [5.74, 6) is -0.516. The molecule has 106 valence electrons. The molecular formula is C13H16N4O2S. The first-order chi connectivity index (χ1) is 9.47. The van der Waals surface area contributed by atoms with E-state index in [2.05, 4.69) is 20.8 Å². The van der Waals surface area contributed by atoms with Gasteiger partial charge in [0.15, 0.2) is 0 Å². The van der Waals surface area contributed by atoms with Crippen LogP contribution in [-0.2, 0) is 4.79 Å². The van der Waals surface area contributed by atoms with Crippen molar-refractivity contribution in [3.05, 3.63) is 33.3 Å². The Balaban J connectivity index is 1.88. The maximum Gasteiger partial charge on any atom is 0.261 e. The van der Waals surface area contributed by atoms with Crippen LogP contribution in [0.15, 0.2) is 12.1 Å². The Kier molecular flexibility index (Phi) is 4.19. The van der Waals surface area contributed by atoms with Crippen molar-refractivity contribution in [1.82, 2.24) is 15.5 Å².